The maximum absolute atomic E-state index is 7.29. The van der Waals surface area contributed by atoms with Crippen LogP contribution in [0.1, 0.15) is 11.1 Å². The maximum Gasteiger partial charge on any atom is 0.190 e. The number of benzene rings is 2. The SMILES string of the molecule is [C-]#[N+]c1ccc2c(c1)oc1c(N3C=CN(C)C3)cc(-c3cc(C)c(C)cn3)cc12. The molecule has 5 heteroatoms. The first-order chi connectivity index (χ1) is 14.0. The average molecular weight is 380 g/mol. The van der Waals surface area contributed by atoms with Gasteiger partial charge < -0.3 is 14.2 Å². The van der Waals surface area contributed by atoms with Crippen LogP contribution in [-0.4, -0.2) is 23.6 Å². The fraction of sp³-hybridized carbons (Fsp3) is 0.167. The van der Waals surface area contributed by atoms with Crippen LogP contribution in [0.5, 0.6) is 0 Å². The first-order valence-electron chi connectivity index (χ1n) is 9.50. The van der Waals surface area contributed by atoms with Gasteiger partial charge in [0.25, 0.3) is 0 Å². The molecule has 0 spiro atoms. The predicted octanol–water partition coefficient (Wildman–Crippen LogP) is 6.00. The molecule has 1 aliphatic heterocycles. The minimum Gasteiger partial charge on any atom is -0.455 e. The molecular weight excluding hydrogens is 360 g/mol. The Morgan fingerprint density at radius 2 is 1.90 bits per heavy atom. The lowest BCUT2D eigenvalue weighted by Gasteiger charge is -2.19. The zero-order valence-electron chi connectivity index (χ0n) is 16.6. The Balaban J connectivity index is 1.80. The van der Waals surface area contributed by atoms with Crippen molar-refractivity contribution in [3.05, 3.63) is 77.5 Å². The van der Waals surface area contributed by atoms with E-state index in [1.165, 1.54) is 11.1 Å². The van der Waals surface area contributed by atoms with Gasteiger partial charge in [-0.3, -0.25) is 4.98 Å². The molecule has 142 valence electrons. The molecule has 0 radical (unpaired) electrons. The third kappa shape index (κ3) is 2.81. The normalized spacial score (nSPS) is 13.6. The van der Waals surface area contributed by atoms with E-state index in [0.717, 1.165) is 45.6 Å². The molecule has 0 bridgehead atoms. The lowest BCUT2D eigenvalue weighted by molar-refractivity contribution is 0.495. The summed E-state index contributed by atoms with van der Waals surface area (Å²) in [7, 11) is 2.04. The smallest absolute Gasteiger partial charge is 0.190 e. The highest BCUT2D eigenvalue weighted by Crippen LogP contribution is 2.40. The molecule has 4 aromatic rings. The number of furan rings is 1. The lowest BCUT2D eigenvalue weighted by atomic mass is 10.0. The Kier molecular flexibility index (Phi) is 3.82. The molecule has 1 aliphatic rings. The summed E-state index contributed by atoms with van der Waals surface area (Å²) in [6.07, 6.45) is 6.03. The van der Waals surface area contributed by atoms with E-state index in [1.54, 1.807) is 0 Å². The summed E-state index contributed by atoms with van der Waals surface area (Å²) in [5.41, 5.74) is 7.53. The Morgan fingerprint density at radius 3 is 2.62 bits per heavy atom. The summed E-state index contributed by atoms with van der Waals surface area (Å²) in [6, 6.07) is 12.0. The number of aromatic nitrogens is 1. The van der Waals surface area contributed by atoms with Crippen LogP contribution in [-0.2, 0) is 0 Å². The zero-order chi connectivity index (χ0) is 20.1. The molecule has 5 rings (SSSR count). The summed E-state index contributed by atoms with van der Waals surface area (Å²) in [4.78, 5) is 12.5. The van der Waals surface area contributed by atoms with Gasteiger partial charge in [0.15, 0.2) is 11.3 Å². The van der Waals surface area contributed by atoms with Crippen LogP contribution in [0, 0.1) is 20.4 Å². The average Bonchev–Trinajstić information content (AvgIpc) is 3.32. The lowest BCUT2D eigenvalue weighted by Crippen LogP contribution is -2.21. The van der Waals surface area contributed by atoms with Gasteiger partial charge in [0.2, 0.25) is 0 Å². The molecule has 0 atom stereocenters. The highest BCUT2D eigenvalue weighted by molar-refractivity contribution is 6.11. The van der Waals surface area contributed by atoms with Crippen LogP contribution in [0.3, 0.4) is 0 Å². The van der Waals surface area contributed by atoms with Crippen molar-refractivity contribution in [1.29, 1.82) is 0 Å². The monoisotopic (exact) mass is 380 g/mol. The fourth-order valence-electron chi connectivity index (χ4n) is 3.75. The van der Waals surface area contributed by atoms with Crippen LogP contribution in [0.15, 0.2) is 59.4 Å². The van der Waals surface area contributed by atoms with Crippen LogP contribution >= 0.6 is 0 Å². The molecule has 5 nitrogen and oxygen atoms in total. The van der Waals surface area contributed by atoms with Gasteiger partial charge in [-0.1, -0.05) is 12.1 Å². The van der Waals surface area contributed by atoms with E-state index in [4.69, 9.17) is 11.0 Å². The van der Waals surface area contributed by atoms with Gasteiger partial charge in [-0.2, -0.15) is 0 Å². The van der Waals surface area contributed by atoms with Crippen molar-refractivity contribution in [2.75, 3.05) is 18.6 Å². The van der Waals surface area contributed by atoms with Gasteiger partial charge in [0.1, 0.15) is 5.58 Å². The van der Waals surface area contributed by atoms with Crippen molar-refractivity contribution in [3.63, 3.8) is 0 Å². The Hall–Kier alpha value is -3.78. The number of nitrogens with zero attached hydrogens (tertiary/aromatic N) is 4. The molecule has 0 amide bonds. The molecule has 2 aromatic heterocycles. The van der Waals surface area contributed by atoms with E-state index in [9.17, 15) is 0 Å². The first-order valence-corrected chi connectivity index (χ1v) is 9.50. The van der Waals surface area contributed by atoms with Crippen LogP contribution in [0.2, 0.25) is 0 Å². The van der Waals surface area contributed by atoms with E-state index < -0.39 is 0 Å². The molecule has 2 aromatic carbocycles. The zero-order valence-corrected chi connectivity index (χ0v) is 16.6. The molecule has 0 N–H and O–H groups in total. The number of hydrogen-bond acceptors (Lipinski definition) is 4. The molecule has 0 saturated heterocycles. The van der Waals surface area contributed by atoms with Crippen molar-refractivity contribution in [2.24, 2.45) is 0 Å². The van der Waals surface area contributed by atoms with Crippen LogP contribution in [0.4, 0.5) is 11.4 Å². The van der Waals surface area contributed by atoms with E-state index >= 15 is 0 Å². The summed E-state index contributed by atoms with van der Waals surface area (Å²) in [5, 5.41) is 2.04. The number of hydrogen-bond donors (Lipinski definition) is 0. The molecule has 0 saturated carbocycles. The van der Waals surface area contributed by atoms with Gasteiger partial charge in [-0.15, -0.1) is 0 Å². The topological polar surface area (TPSA) is 36.9 Å². The second-order valence-electron chi connectivity index (χ2n) is 7.59. The van der Waals surface area contributed by atoms with Gasteiger partial charge in [0, 0.05) is 42.0 Å². The van der Waals surface area contributed by atoms with E-state index in [1.807, 2.05) is 37.6 Å². The van der Waals surface area contributed by atoms with E-state index in [-0.39, 0.29) is 0 Å². The van der Waals surface area contributed by atoms with Gasteiger partial charge in [-0.25, -0.2) is 4.85 Å². The number of aryl methyl sites for hydroxylation is 2. The quantitative estimate of drug-likeness (QED) is 0.400. The molecular formula is C24H20N4O. The highest BCUT2D eigenvalue weighted by atomic mass is 16.3. The largest absolute Gasteiger partial charge is 0.455 e. The Labute approximate surface area is 169 Å². The molecule has 0 aliphatic carbocycles. The second-order valence-corrected chi connectivity index (χ2v) is 7.59. The van der Waals surface area contributed by atoms with E-state index in [0.29, 0.717) is 5.69 Å². The standard InChI is InChI=1S/C24H20N4O/c1-15-9-21(26-13-16(15)2)17-10-20-19-6-5-18(25-3)12-23(19)29-24(20)22(11-17)28-8-7-27(4)14-28/h5-13H,14H2,1-2,4H3. The fourth-order valence-corrected chi connectivity index (χ4v) is 3.75. The van der Waals surface area contributed by atoms with Gasteiger partial charge in [0.05, 0.1) is 24.6 Å². The highest BCUT2D eigenvalue weighted by Gasteiger charge is 2.20. The summed E-state index contributed by atoms with van der Waals surface area (Å²) >= 11 is 0. The van der Waals surface area contributed by atoms with Crippen LogP contribution < -0.4 is 4.90 Å². The number of rotatable bonds is 2. The van der Waals surface area contributed by atoms with Crippen molar-refractivity contribution in [1.82, 2.24) is 9.88 Å². The van der Waals surface area contributed by atoms with Gasteiger partial charge in [-0.05, 0) is 49.2 Å². The minimum absolute atomic E-state index is 0.579. The van der Waals surface area contributed by atoms with Crippen molar-refractivity contribution in [3.8, 4) is 11.3 Å². The molecule has 0 fully saturated rings. The third-order valence-electron chi connectivity index (χ3n) is 5.52. The second kappa shape index (κ2) is 6.39. The van der Waals surface area contributed by atoms with Crippen LogP contribution in [0.25, 0.3) is 38.0 Å². The minimum atomic E-state index is 0.579. The number of anilines is 1. The summed E-state index contributed by atoms with van der Waals surface area (Å²) in [6.45, 7) is 12.2. The molecule has 29 heavy (non-hydrogen) atoms. The number of fused-ring (bicyclic) bond motifs is 3. The predicted molar refractivity (Wildman–Crippen MR) is 117 cm³/mol. The number of pyridine rings is 1. The Morgan fingerprint density at radius 1 is 1.03 bits per heavy atom. The van der Waals surface area contributed by atoms with Gasteiger partial charge >= 0.3 is 0 Å². The summed E-state index contributed by atoms with van der Waals surface area (Å²) < 4.78 is 6.25. The van der Waals surface area contributed by atoms with Crippen molar-refractivity contribution >= 4 is 33.3 Å². The molecule has 0 unspecified atom stereocenters. The molecule has 3 heterocycles. The Bertz CT molecular complexity index is 1340. The van der Waals surface area contributed by atoms with E-state index in [2.05, 4.69) is 57.9 Å². The van der Waals surface area contributed by atoms with Crippen molar-refractivity contribution < 1.29 is 4.42 Å². The van der Waals surface area contributed by atoms with Crippen molar-refractivity contribution in [2.45, 2.75) is 13.8 Å². The first kappa shape index (κ1) is 17.3. The summed E-state index contributed by atoms with van der Waals surface area (Å²) in [5.74, 6) is 0. The third-order valence-corrected chi connectivity index (χ3v) is 5.52. The maximum atomic E-state index is 7.29.